The van der Waals surface area contributed by atoms with E-state index in [1.165, 1.54) is 18.4 Å². The largest absolute Gasteiger partial charge is 0.297 e. The molecule has 0 spiro atoms. The smallest absolute Gasteiger partial charge is 0.227 e. The summed E-state index contributed by atoms with van der Waals surface area (Å²) in [5, 5.41) is 0. The summed E-state index contributed by atoms with van der Waals surface area (Å²) >= 11 is 0. The molecule has 1 aromatic carbocycles. The average Bonchev–Trinajstić information content (AvgIpc) is 3.54. The number of nitrogens with zero attached hydrogens (tertiary/aromatic N) is 4. The number of rotatable bonds is 7. The van der Waals surface area contributed by atoms with Crippen molar-refractivity contribution in [3.63, 3.8) is 0 Å². The molecule has 154 valence electrons. The zero-order chi connectivity index (χ0) is 20.3. The zero-order valence-electron chi connectivity index (χ0n) is 17.7. The maximum Gasteiger partial charge on any atom is 0.227 e. The molecule has 1 aliphatic heterocycles. The van der Waals surface area contributed by atoms with Crippen molar-refractivity contribution >= 4 is 11.7 Å². The first-order valence-corrected chi connectivity index (χ1v) is 10.8. The molecule has 1 saturated carbocycles. The number of amides is 1. The number of pyridine rings is 1. The van der Waals surface area contributed by atoms with Crippen molar-refractivity contribution in [3.05, 3.63) is 59.8 Å². The fourth-order valence-corrected chi connectivity index (χ4v) is 4.34. The normalized spacial score (nSPS) is 19.1. The van der Waals surface area contributed by atoms with Gasteiger partial charge in [-0.1, -0.05) is 43.3 Å². The van der Waals surface area contributed by atoms with Crippen LogP contribution in [0.3, 0.4) is 0 Å². The van der Waals surface area contributed by atoms with Gasteiger partial charge in [0.05, 0.1) is 0 Å². The van der Waals surface area contributed by atoms with Crippen molar-refractivity contribution in [2.75, 3.05) is 37.6 Å². The lowest BCUT2D eigenvalue weighted by Crippen LogP contribution is -2.55. The lowest BCUT2D eigenvalue weighted by molar-refractivity contribution is -0.118. The second-order valence-electron chi connectivity index (χ2n) is 8.50. The van der Waals surface area contributed by atoms with Crippen LogP contribution in [-0.4, -0.2) is 59.0 Å². The standard InChI is InChI=1S/C24H32N4O/c1-3-23(29)28(22-10-9-20(2)17-25-22)19-24(11-12-24)27-15-13-26(14-16-27)18-21-7-5-4-6-8-21/h4-10,17H,3,11-16,18-19H2,1-2H3. The molecule has 1 aliphatic carbocycles. The maximum atomic E-state index is 12.7. The topological polar surface area (TPSA) is 39.7 Å². The van der Waals surface area contributed by atoms with Gasteiger partial charge in [-0.3, -0.25) is 19.5 Å². The number of anilines is 1. The van der Waals surface area contributed by atoms with Crippen molar-refractivity contribution in [3.8, 4) is 0 Å². The number of hydrogen-bond acceptors (Lipinski definition) is 4. The molecule has 5 heteroatoms. The second kappa shape index (κ2) is 8.64. The van der Waals surface area contributed by atoms with Gasteiger partial charge in [0.25, 0.3) is 0 Å². The van der Waals surface area contributed by atoms with E-state index in [1.807, 2.05) is 37.1 Å². The van der Waals surface area contributed by atoms with E-state index in [2.05, 4.69) is 45.1 Å². The Kier molecular flexibility index (Phi) is 5.97. The van der Waals surface area contributed by atoms with Crippen LogP contribution >= 0.6 is 0 Å². The Balaban J connectivity index is 1.39. The van der Waals surface area contributed by atoms with Crippen molar-refractivity contribution in [1.29, 1.82) is 0 Å². The fourth-order valence-electron chi connectivity index (χ4n) is 4.34. The molecule has 1 amide bonds. The van der Waals surface area contributed by atoms with Gasteiger partial charge in [-0.2, -0.15) is 0 Å². The molecule has 2 heterocycles. The molecule has 5 nitrogen and oxygen atoms in total. The molecule has 29 heavy (non-hydrogen) atoms. The summed E-state index contributed by atoms with van der Waals surface area (Å²) in [5.74, 6) is 0.951. The Morgan fingerprint density at radius 1 is 1.07 bits per heavy atom. The minimum absolute atomic E-state index is 0.135. The lowest BCUT2D eigenvalue weighted by atomic mass is 10.1. The van der Waals surface area contributed by atoms with E-state index in [1.54, 1.807) is 0 Å². The number of carbonyl (C=O) groups is 1. The van der Waals surface area contributed by atoms with Gasteiger partial charge in [0.1, 0.15) is 5.82 Å². The van der Waals surface area contributed by atoms with Crippen LogP contribution in [0.1, 0.15) is 37.3 Å². The Hall–Kier alpha value is -2.24. The predicted molar refractivity (Wildman–Crippen MR) is 117 cm³/mol. The summed E-state index contributed by atoms with van der Waals surface area (Å²) in [7, 11) is 0. The van der Waals surface area contributed by atoms with E-state index < -0.39 is 0 Å². The molecule has 2 aromatic rings. The number of aromatic nitrogens is 1. The average molecular weight is 393 g/mol. The Morgan fingerprint density at radius 2 is 1.79 bits per heavy atom. The zero-order valence-corrected chi connectivity index (χ0v) is 17.7. The van der Waals surface area contributed by atoms with Gasteiger partial charge in [0.2, 0.25) is 5.91 Å². The fraction of sp³-hybridized carbons (Fsp3) is 0.500. The van der Waals surface area contributed by atoms with Crippen molar-refractivity contribution < 1.29 is 4.79 Å². The van der Waals surface area contributed by atoms with Gasteiger partial charge < -0.3 is 0 Å². The van der Waals surface area contributed by atoms with E-state index in [4.69, 9.17) is 0 Å². The minimum Gasteiger partial charge on any atom is -0.297 e. The van der Waals surface area contributed by atoms with E-state index in [-0.39, 0.29) is 11.4 Å². The van der Waals surface area contributed by atoms with Crippen molar-refractivity contribution in [2.24, 2.45) is 0 Å². The quantitative estimate of drug-likeness (QED) is 0.723. The third kappa shape index (κ3) is 4.68. The third-order valence-corrected chi connectivity index (χ3v) is 6.35. The van der Waals surface area contributed by atoms with Gasteiger partial charge >= 0.3 is 0 Å². The summed E-state index contributed by atoms with van der Waals surface area (Å²) in [6, 6.07) is 14.7. The summed E-state index contributed by atoms with van der Waals surface area (Å²) in [6.07, 6.45) is 4.71. The van der Waals surface area contributed by atoms with E-state index >= 15 is 0 Å². The number of aryl methyl sites for hydroxylation is 1. The highest BCUT2D eigenvalue weighted by Gasteiger charge is 2.50. The number of hydrogen-bond donors (Lipinski definition) is 0. The molecule has 1 saturated heterocycles. The molecule has 2 fully saturated rings. The van der Waals surface area contributed by atoms with Crippen molar-refractivity contribution in [2.45, 2.75) is 45.2 Å². The van der Waals surface area contributed by atoms with Gasteiger partial charge in [0.15, 0.2) is 0 Å². The molecule has 0 unspecified atom stereocenters. The van der Waals surface area contributed by atoms with Gasteiger partial charge in [-0.15, -0.1) is 0 Å². The van der Waals surface area contributed by atoms with Gasteiger partial charge in [-0.25, -0.2) is 4.98 Å². The Morgan fingerprint density at radius 3 is 2.38 bits per heavy atom. The monoisotopic (exact) mass is 392 g/mol. The molecule has 1 aromatic heterocycles. The first kappa shape index (κ1) is 20.0. The SMILES string of the molecule is CCC(=O)N(CC1(N2CCN(Cc3ccccc3)CC2)CC1)c1ccc(C)cn1. The van der Waals surface area contributed by atoms with E-state index in [0.717, 1.165) is 50.6 Å². The predicted octanol–water partition coefficient (Wildman–Crippen LogP) is 3.48. The minimum atomic E-state index is 0.135. The molecule has 4 rings (SSSR count). The van der Waals surface area contributed by atoms with Crippen LogP contribution in [0.25, 0.3) is 0 Å². The van der Waals surface area contributed by atoms with Gasteiger partial charge in [-0.05, 0) is 37.0 Å². The Labute approximate surface area is 174 Å². The highest BCUT2D eigenvalue weighted by molar-refractivity contribution is 5.92. The van der Waals surface area contributed by atoms with Crippen LogP contribution in [0, 0.1) is 6.92 Å². The molecular formula is C24H32N4O. The van der Waals surface area contributed by atoms with Crippen LogP contribution in [0.5, 0.6) is 0 Å². The third-order valence-electron chi connectivity index (χ3n) is 6.35. The van der Waals surface area contributed by atoms with Crippen LogP contribution in [0.2, 0.25) is 0 Å². The molecule has 0 atom stereocenters. The first-order chi connectivity index (χ1) is 14.1. The number of piperazine rings is 1. The molecule has 2 aliphatic rings. The van der Waals surface area contributed by atoms with Crippen LogP contribution in [-0.2, 0) is 11.3 Å². The molecule has 0 bridgehead atoms. The molecule has 0 radical (unpaired) electrons. The van der Waals surface area contributed by atoms with Gasteiger partial charge in [0, 0.05) is 57.4 Å². The van der Waals surface area contributed by atoms with Crippen LogP contribution in [0.15, 0.2) is 48.7 Å². The summed E-state index contributed by atoms with van der Waals surface area (Å²) in [6.45, 7) is 10.1. The molecule has 0 N–H and O–H groups in total. The van der Waals surface area contributed by atoms with Crippen molar-refractivity contribution in [1.82, 2.24) is 14.8 Å². The summed E-state index contributed by atoms with van der Waals surface area (Å²) < 4.78 is 0. The number of benzene rings is 1. The van der Waals surface area contributed by atoms with E-state index in [0.29, 0.717) is 6.42 Å². The van der Waals surface area contributed by atoms with Crippen LogP contribution < -0.4 is 4.90 Å². The lowest BCUT2D eigenvalue weighted by Gasteiger charge is -2.41. The summed E-state index contributed by atoms with van der Waals surface area (Å²) in [5.41, 5.74) is 2.64. The number of carbonyl (C=O) groups excluding carboxylic acids is 1. The summed E-state index contributed by atoms with van der Waals surface area (Å²) in [4.78, 5) is 24.3. The van der Waals surface area contributed by atoms with Crippen LogP contribution in [0.4, 0.5) is 5.82 Å². The highest BCUT2D eigenvalue weighted by atomic mass is 16.2. The maximum absolute atomic E-state index is 12.7. The first-order valence-electron chi connectivity index (χ1n) is 10.8. The molecular weight excluding hydrogens is 360 g/mol. The second-order valence-corrected chi connectivity index (χ2v) is 8.50. The highest BCUT2D eigenvalue weighted by Crippen LogP contribution is 2.43. The van der Waals surface area contributed by atoms with E-state index in [9.17, 15) is 4.79 Å². The Bertz CT molecular complexity index is 809.